The molecule has 2 heterocycles. The Morgan fingerprint density at radius 3 is 2.75 bits per heavy atom. The molecule has 0 saturated carbocycles. The second-order valence-corrected chi connectivity index (χ2v) is 6.08. The van der Waals surface area contributed by atoms with Gasteiger partial charge in [0.05, 0.1) is 24.1 Å². The summed E-state index contributed by atoms with van der Waals surface area (Å²) in [6.07, 6.45) is 2.00. The van der Waals surface area contributed by atoms with Crippen molar-refractivity contribution < 1.29 is 13.9 Å². The summed E-state index contributed by atoms with van der Waals surface area (Å²) in [6, 6.07) is 6.81. The maximum Gasteiger partial charge on any atom is 0.137 e. The minimum absolute atomic E-state index is 0.262. The van der Waals surface area contributed by atoms with Gasteiger partial charge in [-0.05, 0) is 37.1 Å². The van der Waals surface area contributed by atoms with Gasteiger partial charge in [0.15, 0.2) is 0 Å². The van der Waals surface area contributed by atoms with Crippen molar-refractivity contribution in [2.45, 2.75) is 25.4 Å². The number of nitrogens with one attached hydrogen (secondary N) is 1. The molecule has 0 amide bonds. The first-order valence-electron chi connectivity index (χ1n) is 7.84. The molecule has 1 fully saturated rings. The fourth-order valence-electron chi connectivity index (χ4n) is 2.70. The molecule has 0 radical (unpaired) electrons. The lowest BCUT2D eigenvalue weighted by Crippen LogP contribution is -2.34. The standard InChI is InChI=1S/C17H19ClFN3O2/c1-23-16-9-11(18)8-14(19)17(16)15-3-2-13(21-22-15)10-20-12-4-6-24-7-5-12/h2-3,8-9,12,20H,4-7,10H2,1H3. The van der Waals surface area contributed by atoms with Gasteiger partial charge in [0.25, 0.3) is 0 Å². The lowest BCUT2D eigenvalue weighted by Gasteiger charge is -2.22. The van der Waals surface area contributed by atoms with Crippen LogP contribution in [0.15, 0.2) is 24.3 Å². The molecule has 2 aromatic rings. The Labute approximate surface area is 145 Å². The molecule has 1 N–H and O–H groups in total. The van der Waals surface area contributed by atoms with Crippen molar-refractivity contribution in [3.05, 3.63) is 40.8 Å². The quantitative estimate of drug-likeness (QED) is 0.896. The third kappa shape index (κ3) is 4.01. The summed E-state index contributed by atoms with van der Waals surface area (Å²) in [5.41, 5.74) is 1.48. The second-order valence-electron chi connectivity index (χ2n) is 5.64. The molecule has 1 aliphatic heterocycles. The van der Waals surface area contributed by atoms with Crippen molar-refractivity contribution in [3.63, 3.8) is 0 Å². The van der Waals surface area contributed by atoms with E-state index < -0.39 is 5.82 Å². The Balaban J connectivity index is 1.72. The molecule has 1 aromatic heterocycles. The molecule has 1 aliphatic rings. The van der Waals surface area contributed by atoms with E-state index in [2.05, 4.69) is 15.5 Å². The molecule has 0 unspecified atom stereocenters. The monoisotopic (exact) mass is 351 g/mol. The van der Waals surface area contributed by atoms with E-state index in [0.717, 1.165) is 31.7 Å². The Morgan fingerprint density at radius 1 is 1.29 bits per heavy atom. The number of rotatable bonds is 5. The van der Waals surface area contributed by atoms with Gasteiger partial charge in [-0.25, -0.2) is 4.39 Å². The predicted octanol–water partition coefficient (Wildman–Crippen LogP) is 3.21. The molecule has 3 rings (SSSR count). The first kappa shape index (κ1) is 17.1. The molecule has 1 saturated heterocycles. The molecule has 0 aliphatic carbocycles. The minimum Gasteiger partial charge on any atom is -0.496 e. The van der Waals surface area contributed by atoms with E-state index in [4.69, 9.17) is 21.1 Å². The fraction of sp³-hybridized carbons (Fsp3) is 0.412. The van der Waals surface area contributed by atoms with Crippen LogP contribution in [0.4, 0.5) is 4.39 Å². The highest BCUT2D eigenvalue weighted by Gasteiger charge is 2.16. The zero-order valence-corrected chi connectivity index (χ0v) is 14.1. The Bertz CT molecular complexity index is 691. The summed E-state index contributed by atoms with van der Waals surface area (Å²) in [7, 11) is 1.47. The highest BCUT2D eigenvalue weighted by molar-refractivity contribution is 6.30. The number of benzene rings is 1. The number of methoxy groups -OCH3 is 1. The van der Waals surface area contributed by atoms with Gasteiger partial charge in [0.1, 0.15) is 11.6 Å². The van der Waals surface area contributed by atoms with Crippen LogP contribution in [0.5, 0.6) is 5.75 Å². The van der Waals surface area contributed by atoms with Crippen molar-refractivity contribution in [1.29, 1.82) is 0 Å². The molecule has 128 valence electrons. The average Bonchev–Trinajstić information content (AvgIpc) is 2.61. The van der Waals surface area contributed by atoms with E-state index in [-0.39, 0.29) is 10.6 Å². The lowest BCUT2D eigenvalue weighted by molar-refractivity contribution is 0.0775. The highest BCUT2D eigenvalue weighted by atomic mass is 35.5. The van der Waals surface area contributed by atoms with Crippen molar-refractivity contribution >= 4 is 11.6 Å². The third-order valence-corrected chi connectivity index (χ3v) is 4.23. The van der Waals surface area contributed by atoms with Crippen LogP contribution < -0.4 is 10.1 Å². The first-order chi connectivity index (χ1) is 11.7. The number of halogens is 2. The van der Waals surface area contributed by atoms with Gasteiger partial charge >= 0.3 is 0 Å². The fourth-order valence-corrected chi connectivity index (χ4v) is 2.89. The first-order valence-corrected chi connectivity index (χ1v) is 8.22. The van der Waals surface area contributed by atoms with Crippen LogP contribution in [0.1, 0.15) is 18.5 Å². The molecule has 5 nitrogen and oxygen atoms in total. The maximum atomic E-state index is 14.2. The Kier molecular flexibility index (Phi) is 5.60. The van der Waals surface area contributed by atoms with Gasteiger partial charge in [-0.1, -0.05) is 11.6 Å². The van der Waals surface area contributed by atoms with Crippen LogP contribution in [-0.4, -0.2) is 36.6 Å². The highest BCUT2D eigenvalue weighted by Crippen LogP contribution is 2.33. The van der Waals surface area contributed by atoms with Gasteiger partial charge in [-0.3, -0.25) is 0 Å². The lowest BCUT2D eigenvalue weighted by atomic mass is 10.1. The molecule has 0 atom stereocenters. The number of ether oxygens (including phenoxy) is 2. The van der Waals surface area contributed by atoms with E-state index in [0.29, 0.717) is 24.0 Å². The maximum absolute atomic E-state index is 14.2. The van der Waals surface area contributed by atoms with Crippen LogP contribution in [0.25, 0.3) is 11.3 Å². The molecular weight excluding hydrogens is 333 g/mol. The van der Waals surface area contributed by atoms with Gasteiger partial charge in [-0.2, -0.15) is 5.10 Å². The molecule has 7 heteroatoms. The van der Waals surface area contributed by atoms with Crippen molar-refractivity contribution in [3.8, 4) is 17.0 Å². The van der Waals surface area contributed by atoms with Crippen LogP contribution in [-0.2, 0) is 11.3 Å². The summed E-state index contributed by atoms with van der Waals surface area (Å²) < 4.78 is 24.8. The normalized spacial score (nSPS) is 15.5. The summed E-state index contributed by atoms with van der Waals surface area (Å²) in [5.74, 6) is -0.149. The number of hydrogen-bond donors (Lipinski definition) is 1. The number of nitrogens with zero attached hydrogens (tertiary/aromatic N) is 2. The molecule has 0 bridgehead atoms. The van der Waals surface area contributed by atoms with Crippen molar-refractivity contribution in [2.24, 2.45) is 0 Å². The van der Waals surface area contributed by atoms with Gasteiger partial charge < -0.3 is 14.8 Å². The predicted molar refractivity (Wildman–Crippen MR) is 89.7 cm³/mol. The van der Waals surface area contributed by atoms with Crippen LogP contribution in [0, 0.1) is 5.82 Å². The van der Waals surface area contributed by atoms with E-state index in [1.165, 1.54) is 13.2 Å². The molecular formula is C17H19ClFN3O2. The van der Waals surface area contributed by atoms with Gasteiger partial charge in [-0.15, -0.1) is 5.10 Å². The molecule has 0 spiro atoms. The summed E-state index contributed by atoms with van der Waals surface area (Å²) in [5, 5.41) is 12.0. The third-order valence-electron chi connectivity index (χ3n) is 4.01. The minimum atomic E-state index is -0.485. The van der Waals surface area contributed by atoms with Gasteiger partial charge in [0.2, 0.25) is 0 Å². The van der Waals surface area contributed by atoms with Crippen LogP contribution in [0.2, 0.25) is 5.02 Å². The summed E-state index contributed by atoms with van der Waals surface area (Å²) in [4.78, 5) is 0. The zero-order chi connectivity index (χ0) is 16.9. The summed E-state index contributed by atoms with van der Waals surface area (Å²) in [6.45, 7) is 2.20. The van der Waals surface area contributed by atoms with E-state index in [9.17, 15) is 4.39 Å². The van der Waals surface area contributed by atoms with Crippen LogP contribution in [0.3, 0.4) is 0 Å². The average molecular weight is 352 g/mol. The van der Waals surface area contributed by atoms with Crippen LogP contribution >= 0.6 is 11.6 Å². The van der Waals surface area contributed by atoms with E-state index in [1.807, 2.05) is 6.07 Å². The SMILES string of the molecule is COc1cc(Cl)cc(F)c1-c1ccc(CNC2CCOCC2)nn1. The van der Waals surface area contributed by atoms with Crippen molar-refractivity contribution in [1.82, 2.24) is 15.5 Å². The number of hydrogen-bond acceptors (Lipinski definition) is 5. The molecule has 24 heavy (non-hydrogen) atoms. The van der Waals surface area contributed by atoms with Gasteiger partial charge in [0, 0.05) is 30.8 Å². The van der Waals surface area contributed by atoms with Crippen molar-refractivity contribution in [2.75, 3.05) is 20.3 Å². The Morgan fingerprint density at radius 2 is 2.08 bits per heavy atom. The van der Waals surface area contributed by atoms with E-state index >= 15 is 0 Å². The largest absolute Gasteiger partial charge is 0.496 e. The number of aromatic nitrogens is 2. The summed E-state index contributed by atoms with van der Waals surface area (Å²) >= 11 is 5.86. The topological polar surface area (TPSA) is 56.3 Å². The van der Waals surface area contributed by atoms with E-state index in [1.54, 1.807) is 12.1 Å². The second kappa shape index (κ2) is 7.88. The smallest absolute Gasteiger partial charge is 0.137 e. The Hall–Kier alpha value is -1.76. The zero-order valence-electron chi connectivity index (χ0n) is 13.4. The molecule has 1 aromatic carbocycles.